The van der Waals surface area contributed by atoms with Crippen molar-refractivity contribution in [3.63, 3.8) is 0 Å². The van der Waals surface area contributed by atoms with Crippen molar-refractivity contribution in [3.8, 4) is 0 Å². The van der Waals surface area contributed by atoms with Gasteiger partial charge in [-0.15, -0.1) is 0 Å². The lowest BCUT2D eigenvalue weighted by Crippen LogP contribution is -2.48. The van der Waals surface area contributed by atoms with Crippen LogP contribution in [-0.4, -0.2) is 47.8 Å². The number of piperidine rings is 1. The lowest BCUT2D eigenvalue weighted by Gasteiger charge is -2.36. The molecule has 2 unspecified atom stereocenters. The third-order valence-electron chi connectivity index (χ3n) is 6.34. The molecular weight excluding hydrogens is 336 g/mol. The van der Waals surface area contributed by atoms with Crippen LogP contribution in [0.1, 0.15) is 43.0 Å². The molecular formula is C23H28N2O2. The highest BCUT2D eigenvalue weighted by atomic mass is 16.2. The summed E-state index contributed by atoms with van der Waals surface area (Å²) in [4.78, 5) is 30.0. The molecule has 2 fully saturated rings. The molecule has 1 saturated carbocycles. The third-order valence-corrected chi connectivity index (χ3v) is 6.34. The van der Waals surface area contributed by atoms with Gasteiger partial charge in [0, 0.05) is 31.7 Å². The van der Waals surface area contributed by atoms with Crippen LogP contribution in [0, 0.1) is 11.8 Å². The number of hydrogen-bond donors (Lipinski definition) is 0. The van der Waals surface area contributed by atoms with Gasteiger partial charge in [0.15, 0.2) is 0 Å². The quantitative estimate of drug-likeness (QED) is 0.824. The molecule has 0 spiro atoms. The highest BCUT2D eigenvalue weighted by Crippen LogP contribution is 2.35. The van der Waals surface area contributed by atoms with E-state index in [9.17, 15) is 9.59 Å². The van der Waals surface area contributed by atoms with Crippen molar-refractivity contribution in [2.24, 2.45) is 11.8 Å². The predicted octanol–water partition coefficient (Wildman–Crippen LogP) is 3.95. The maximum absolute atomic E-state index is 13.2. The molecule has 1 aliphatic carbocycles. The van der Waals surface area contributed by atoms with Crippen molar-refractivity contribution >= 4 is 22.6 Å². The van der Waals surface area contributed by atoms with Crippen LogP contribution in [0.2, 0.25) is 0 Å². The molecule has 2 aliphatic rings. The molecule has 2 aromatic rings. The standard InChI is InChI=1S/C23H28N2O2/c1-16(17-12-13-17)24(2)22(26)19-9-6-14-25(15-19)23(27)21-11-5-8-18-7-3-4-10-20(18)21/h3-5,7-8,10-11,16-17,19H,6,9,12-15H2,1-2H3. The fraction of sp³-hybridized carbons (Fsp3) is 0.478. The average molecular weight is 364 g/mol. The maximum Gasteiger partial charge on any atom is 0.254 e. The Kier molecular flexibility index (Phi) is 4.90. The first kappa shape index (κ1) is 18.0. The molecule has 2 amide bonds. The topological polar surface area (TPSA) is 40.6 Å². The Balaban J connectivity index is 1.50. The van der Waals surface area contributed by atoms with Gasteiger partial charge in [0.05, 0.1) is 5.92 Å². The van der Waals surface area contributed by atoms with Crippen LogP contribution < -0.4 is 0 Å². The smallest absolute Gasteiger partial charge is 0.254 e. The Morgan fingerprint density at radius 2 is 1.81 bits per heavy atom. The molecule has 0 bridgehead atoms. The molecule has 1 heterocycles. The minimum atomic E-state index is -0.0797. The van der Waals surface area contributed by atoms with Gasteiger partial charge in [0.1, 0.15) is 0 Å². The zero-order valence-corrected chi connectivity index (χ0v) is 16.2. The lowest BCUT2D eigenvalue weighted by atomic mass is 9.94. The minimum Gasteiger partial charge on any atom is -0.342 e. The zero-order chi connectivity index (χ0) is 19.0. The molecule has 4 nitrogen and oxygen atoms in total. The number of fused-ring (bicyclic) bond motifs is 1. The van der Waals surface area contributed by atoms with E-state index in [4.69, 9.17) is 0 Å². The second-order valence-electron chi connectivity index (χ2n) is 8.14. The number of benzene rings is 2. The molecule has 0 radical (unpaired) electrons. The van der Waals surface area contributed by atoms with Gasteiger partial charge in [-0.25, -0.2) is 0 Å². The van der Waals surface area contributed by atoms with E-state index in [1.807, 2.05) is 59.3 Å². The molecule has 142 valence electrons. The van der Waals surface area contributed by atoms with E-state index in [1.165, 1.54) is 12.8 Å². The number of carbonyl (C=O) groups excluding carboxylic acids is 2. The van der Waals surface area contributed by atoms with Crippen LogP contribution in [0.15, 0.2) is 42.5 Å². The molecule has 4 rings (SSSR count). The second-order valence-corrected chi connectivity index (χ2v) is 8.14. The van der Waals surface area contributed by atoms with E-state index in [0.717, 1.165) is 35.7 Å². The van der Waals surface area contributed by atoms with Crippen molar-refractivity contribution in [2.45, 2.75) is 38.6 Å². The molecule has 0 N–H and O–H groups in total. The van der Waals surface area contributed by atoms with Crippen molar-refractivity contribution < 1.29 is 9.59 Å². The van der Waals surface area contributed by atoms with Crippen molar-refractivity contribution in [2.75, 3.05) is 20.1 Å². The monoisotopic (exact) mass is 364 g/mol. The fourth-order valence-corrected chi connectivity index (χ4v) is 4.33. The summed E-state index contributed by atoms with van der Waals surface area (Å²) in [7, 11) is 1.93. The molecule has 0 aromatic heterocycles. The second kappa shape index (κ2) is 7.34. The van der Waals surface area contributed by atoms with Crippen LogP contribution in [0.3, 0.4) is 0 Å². The summed E-state index contributed by atoms with van der Waals surface area (Å²) in [6, 6.07) is 14.2. The third kappa shape index (κ3) is 3.58. The highest BCUT2D eigenvalue weighted by Gasteiger charge is 2.36. The fourth-order valence-electron chi connectivity index (χ4n) is 4.33. The van der Waals surface area contributed by atoms with Gasteiger partial charge in [-0.2, -0.15) is 0 Å². The van der Waals surface area contributed by atoms with E-state index < -0.39 is 0 Å². The van der Waals surface area contributed by atoms with Crippen LogP contribution in [0.25, 0.3) is 10.8 Å². The zero-order valence-electron chi connectivity index (χ0n) is 16.2. The van der Waals surface area contributed by atoms with Gasteiger partial charge in [-0.3, -0.25) is 9.59 Å². The summed E-state index contributed by atoms with van der Waals surface area (Å²) < 4.78 is 0. The largest absolute Gasteiger partial charge is 0.342 e. The first-order valence-corrected chi connectivity index (χ1v) is 10.1. The number of hydrogen-bond acceptors (Lipinski definition) is 2. The van der Waals surface area contributed by atoms with E-state index in [-0.39, 0.29) is 17.7 Å². The number of likely N-dealkylation sites (tertiary alicyclic amines) is 1. The van der Waals surface area contributed by atoms with Gasteiger partial charge < -0.3 is 9.80 Å². The first-order valence-electron chi connectivity index (χ1n) is 10.1. The molecule has 4 heteroatoms. The Labute approximate surface area is 161 Å². The SMILES string of the molecule is CC(C1CC1)N(C)C(=O)C1CCCN(C(=O)c2cccc3ccccc23)C1. The Morgan fingerprint density at radius 1 is 1.07 bits per heavy atom. The summed E-state index contributed by atoms with van der Waals surface area (Å²) >= 11 is 0. The van der Waals surface area contributed by atoms with Crippen LogP contribution in [-0.2, 0) is 4.79 Å². The Morgan fingerprint density at radius 3 is 2.59 bits per heavy atom. The normalized spacial score (nSPS) is 21.1. The summed E-state index contributed by atoms with van der Waals surface area (Å²) in [5.74, 6) is 0.826. The number of amides is 2. The highest BCUT2D eigenvalue weighted by molar-refractivity contribution is 6.07. The molecule has 1 saturated heterocycles. The first-order chi connectivity index (χ1) is 13.1. The van der Waals surface area contributed by atoms with Gasteiger partial charge in [0.25, 0.3) is 5.91 Å². The number of nitrogens with zero attached hydrogens (tertiary/aromatic N) is 2. The summed E-state index contributed by atoms with van der Waals surface area (Å²) in [6.45, 7) is 3.41. The lowest BCUT2D eigenvalue weighted by molar-refractivity contribution is -0.137. The Hall–Kier alpha value is -2.36. The van der Waals surface area contributed by atoms with E-state index in [2.05, 4.69) is 6.92 Å². The predicted molar refractivity (Wildman–Crippen MR) is 108 cm³/mol. The van der Waals surface area contributed by atoms with E-state index in [0.29, 0.717) is 18.5 Å². The molecule has 2 aromatic carbocycles. The van der Waals surface area contributed by atoms with Gasteiger partial charge in [0.2, 0.25) is 5.91 Å². The number of carbonyl (C=O) groups is 2. The van der Waals surface area contributed by atoms with Gasteiger partial charge in [-0.05, 0) is 55.4 Å². The van der Waals surface area contributed by atoms with Crippen molar-refractivity contribution in [1.82, 2.24) is 9.80 Å². The summed E-state index contributed by atoms with van der Waals surface area (Å²) in [5, 5.41) is 2.06. The molecule has 27 heavy (non-hydrogen) atoms. The van der Waals surface area contributed by atoms with Crippen molar-refractivity contribution in [1.29, 1.82) is 0 Å². The maximum atomic E-state index is 13.2. The number of rotatable bonds is 4. The summed E-state index contributed by atoms with van der Waals surface area (Å²) in [6.07, 6.45) is 4.22. The summed E-state index contributed by atoms with van der Waals surface area (Å²) in [5.41, 5.74) is 0.737. The van der Waals surface area contributed by atoms with E-state index in [1.54, 1.807) is 0 Å². The average Bonchev–Trinajstić information content (AvgIpc) is 3.56. The van der Waals surface area contributed by atoms with Crippen LogP contribution in [0.4, 0.5) is 0 Å². The molecule has 2 atom stereocenters. The van der Waals surface area contributed by atoms with Gasteiger partial charge >= 0.3 is 0 Å². The minimum absolute atomic E-state index is 0.0437. The molecule has 1 aliphatic heterocycles. The van der Waals surface area contributed by atoms with Crippen LogP contribution >= 0.6 is 0 Å². The van der Waals surface area contributed by atoms with Gasteiger partial charge in [-0.1, -0.05) is 36.4 Å². The van der Waals surface area contributed by atoms with Crippen LogP contribution in [0.5, 0.6) is 0 Å². The Bertz CT molecular complexity index is 853. The van der Waals surface area contributed by atoms with Crippen molar-refractivity contribution in [3.05, 3.63) is 48.0 Å². The van der Waals surface area contributed by atoms with E-state index >= 15 is 0 Å².